The van der Waals surface area contributed by atoms with Gasteiger partial charge in [0.05, 0.1) is 10.6 Å². The summed E-state index contributed by atoms with van der Waals surface area (Å²) >= 11 is 0. The van der Waals surface area contributed by atoms with E-state index in [1.807, 2.05) is 24.6 Å². The quantitative estimate of drug-likeness (QED) is 0.497. The molecule has 10 nitrogen and oxygen atoms in total. The molecule has 3 aromatic rings. The fourth-order valence-corrected chi connectivity index (χ4v) is 2.46. The summed E-state index contributed by atoms with van der Waals surface area (Å²) in [7, 11) is 0. The maximum absolute atomic E-state index is 10.8. The smallest absolute Gasteiger partial charge is 0.309 e. The van der Waals surface area contributed by atoms with Crippen LogP contribution in [0, 0.1) is 30.9 Å². The van der Waals surface area contributed by atoms with Crippen LogP contribution in [0.1, 0.15) is 28.9 Å². The first-order valence-electron chi connectivity index (χ1n) is 7.43. The number of nitro groups is 1. The zero-order valence-electron chi connectivity index (χ0n) is 13.6. The lowest BCUT2D eigenvalue weighted by atomic mass is 10.4. The topological polar surface area (TPSA) is 118 Å². The van der Waals surface area contributed by atoms with Crippen LogP contribution in [0.25, 0.3) is 0 Å². The minimum Gasteiger partial charge on any atom is -0.423 e. The molecule has 0 spiro atoms. The van der Waals surface area contributed by atoms with E-state index in [2.05, 4.69) is 20.4 Å². The van der Waals surface area contributed by atoms with E-state index in [9.17, 15) is 10.1 Å². The maximum Gasteiger partial charge on any atom is 0.309 e. The maximum atomic E-state index is 10.8. The summed E-state index contributed by atoms with van der Waals surface area (Å²) < 4.78 is 8.94. The van der Waals surface area contributed by atoms with Crippen molar-refractivity contribution >= 4 is 5.69 Å². The first-order valence-corrected chi connectivity index (χ1v) is 7.43. The first-order chi connectivity index (χ1) is 11.4. The highest BCUT2D eigenvalue weighted by Crippen LogP contribution is 2.17. The molecule has 0 N–H and O–H groups in total. The van der Waals surface area contributed by atoms with Crippen molar-refractivity contribution < 1.29 is 9.34 Å². The molecule has 3 heterocycles. The van der Waals surface area contributed by atoms with Crippen molar-refractivity contribution in [1.82, 2.24) is 29.8 Å². The van der Waals surface area contributed by atoms with Gasteiger partial charge >= 0.3 is 5.69 Å². The van der Waals surface area contributed by atoms with Crippen molar-refractivity contribution in [2.45, 2.75) is 40.3 Å². The second kappa shape index (κ2) is 6.22. The average molecular weight is 331 g/mol. The lowest BCUT2D eigenvalue weighted by Gasteiger charge is -2.01. The van der Waals surface area contributed by atoms with Gasteiger partial charge in [-0.1, -0.05) is 0 Å². The van der Waals surface area contributed by atoms with E-state index in [1.54, 1.807) is 6.92 Å². The summed E-state index contributed by atoms with van der Waals surface area (Å²) in [6.07, 6.45) is 1.78. The summed E-state index contributed by atoms with van der Waals surface area (Å²) in [6, 6.07) is 2.01. The third kappa shape index (κ3) is 3.16. The van der Waals surface area contributed by atoms with E-state index in [1.165, 1.54) is 10.9 Å². The molecule has 24 heavy (non-hydrogen) atoms. The van der Waals surface area contributed by atoms with E-state index in [0.29, 0.717) is 30.4 Å². The molecule has 0 amide bonds. The zero-order chi connectivity index (χ0) is 17.3. The Kier molecular flexibility index (Phi) is 4.11. The second-order valence-electron chi connectivity index (χ2n) is 5.52. The van der Waals surface area contributed by atoms with E-state index in [4.69, 9.17) is 4.42 Å². The standard InChI is InChI=1S/C14H17N7O3/c1-9-6-10(2)19(18-9)5-4-13-16-17-14(24-13)8-20-11(3)12(7-15-20)21(22)23/h6-7H,4-5,8H2,1-3H3. The molecule has 0 unspecified atom stereocenters. The van der Waals surface area contributed by atoms with Crippen molar-refractivity contribution in [3.05, 3.63) is 51.2 Å². The number of nitrogens with zero attached hydrogens (tertiary/aromatic N) is 7. The lowest BCUT2D eigenvalue weighted by molar-refractivity contribution is -0.385. The Morgan fingerprint density at radius 3 is 2.58 bits per heavy atom. The molecule has 0 aromatic carbocycles. The van der Waals surface area contributed by atoms with Crippen molar-refractivity contribution in [3.63, 3.8) is 0 Å². The Labute approximate surface area is 137 Å². The normalized spacial score (nSPS) is 11.1. The molecule has 3 rings (SSSR count). The van der Waals surface area contributed by atoms with E-state index >= 15 is 0 Å². The monoisotopic (exact) mass is 331 g/mol. The van der Waals surface area contributed by atoms with E-state index < -0.39 is 4.92 Å². The largest absolute Gasteiger partial charge is 0.423 e. The van der Waals surface area contributed by atoms with Gasteiger partial charge in [0.2, 0.25) is 11.8 Å². The van der Waals surface area contributed by atoms with Gasteiger partial charge in [-0.2, -0.15) is 10.2 Å². The van der Waals surface area contributed by atoms with Gasteiger partial charge in [0, 0.05) is 18.7 Å². The third-order valence-electron chi connectivity index (χ3n) is 3.71. The van der Waals surface area contributed by atoms with Crippen molar-refractivity contribution in [1.29, 1.82) is 0 Å². The first kappa shape index (κ1) is 15.8. The summed E-state index contributed by atoms with van der Waals surface area (Å²) in [5.41, 5.74) is 2.46. The van der Waals surface area contributed by atoms with Crippen LogP contribution in [0.3, 0.4) is 0 Å². The Bertz CT molecular complexity index is 877. The third-order valence-corrected chi connectivity index (χ3v) is 3.71. The molecule has 0 aliphatic heterocycles. The summed E-state index contributed by atoms with van der Waals surface area (Å²) in [4.78, 5) is 10.4. The Balaban J connectivity index is 1.65. The lowest BCUT2D eigenvalue weighted by Crippen LogP contribution is -2.05. The molecule has 0 fully saturated rings. The second-order valence-corrected chi connectivity index (χ2v) is 5.52. The van der Waals surface area contributed by atoms with Gasteiger partial charge < -0.3 is 4.42 Å². The van der Waals surface area contributed by atoms with E-state index in [-0.39, 0.29) is 12.2 Å². The zero-order valence-corrected chi connectivity index (χ0v) is 13.6. The molecule has 0 radical (unpaired) electrons. The van der Waals surface area contributed by atoms with Gasteiger partial charge in [-0.25, -0.2) is 0 Å². The Morgan fingerprint density at radius 2 is 1.96 bits per heavy atom. The molecule has 0 bridgehead atoms. The van der Waals surface area contributed by atoms with Crippen molar-refractivity contribution in [3.8, 4) is 0 Å². The average Bonchev–Trinajstić information content (AvgIpc) is 3.19. The van der Waals surface area contributed by atoms with Gasteiger partial charge in [-0.3, -0.25) is 19.5 Å². The summed E-state index contributed by atoms with van der Waals surface area (Å²) in [5, 5.41) is 27.2. The molecule has 0 saturated heterocycles. The van der Waals surface area contributed by atoms with Crippen LogP contribution in [-0.2, 0) is 19.5 Å². The predicted octanol–water partition coefficient (Wildman–Crippen LogP) is 1.59. The summed E-state index contributed by atoms with van der Waals surface area (Å²) in [5.74, 6) is 0.858. The van der Waals surface area contributed by atoms with Gasteiger partial charge in [-0.05, 0) is 26.8 Å². The molecule has 3 aromatic heterocycles. The number of rotatable bonds is 6. The minimum atomic E-state index is -0.466. The number of hydrogen-bond donors (Lipinski definition) is 0. The van der Waals surface area contributed by atoms with Crippen LogP contribution in [0.5, 0.6) is 0 Å². The van der Waals surface area contributed by atoms with Crippen LogP contribution in [-0.4, -0.2) is 34.7 Å². The molecule has 0 aliphatic rings. The highest BCUT2D eigenvalue weighted by molar-refractivity contribution is 5.31. The van der Waals surface area contributed by atoms with Crippen molar-refractivity contribution in [2.24, 2.45) is 0 Å². The van der Waals surface area contributed by atoms with Crippen LogP contribution in [0.2, 0.25) is 0 Å². The molecule has 0 atom stereocenters. The fourth-order valence-electron chi connectivity index (χ4n) is 2.46. The molecular weight excluding hydrogens is 314 g/mol. The summed E-state index contributed by atoms with van der Waals surface area (Å²) in [6.45, 7) is 6.41. The predicted molar refractivity (Wildman–Crippen MR) is 82.4 cm³/mol. The number of hydrogen-bond acceptors (Lipinski definition) is 7. The molecule has 0 aliphatic carbocycles. The molecular formula is C14H17N7O3. The van der Waals surface area contributed by atoms with Crippen molar-refractivity contribution in [2.75, 3.05) is 0 Å². The Hall–Kier alpha value is -3.04. The highest BCUT2D eigenvalue weighted by Gasteiger charge is 2.18. The fraction of sp³-hybridized carbons (Fsp3) is 0.429. The number of aryl methyl sites for hydroxylation is 4. The molecule has 0 saturated carbocycles. The van der Waals surface area contributed by atoms with Gasteiger partial charge in [0.25, 0.3) is 0 Å². The molecule has 126 valence electrons. The van der Waals surface area contributed by atoms with Crippen LogP contribution in [0.4, 0.5) is 5.69 Å². The van der Waals surface area contributed by atoms with Crippen LogP contribution < -0.4 is 0 Å². The van der Waals surface area contributed by atoms with Crippen LogP contribution >= 0.6 is 0 Å². The number of aromatic nitrogens is 6. The van der Waals surface area contributed by atoms with Gasteiger partial charge in [0.15, 0.2) is 0 Å². The minimum absolute atomic E-state index is 0.0285. The van der Waals surface area contributed by atoms with E-state index in [0.717, 1.165) is 11.4 Å². The van der Waals surface area contributed by atoms with Gasteiger partial charge in [-0.15, -0.1) is 10.2 Å². The SMILES string of the molecule is Cc1cc(C)n(CCc2nnc(Cn3ncc([N+](=O)[O-])c3C)o2)n1. The Morgan fingerprint density at radius 1 is 1.21 bits per heavy atom. The molecule has 10 heteroatoms. The highest BCUT2D eigenvalue weighted by atomic mass is 16.6. The van der Waals surface area contributed by atoms with Gasteiger partial charge in [0.1, 0.15) is 18.4 Å². The van der Waals surface area contributed by atoms with Crippen LogP contribution in [0.15, 0.2) is 16.7 Å².